The minimum atomic E-state index is -4.06. The van der Waals surface area contributed by atoms with Crippen LogP contribution in [0.25, 0.3) is 0 Å². The van der Waals surface area contributed by atoms with Gasteiger partial charge in [-0.3, -0.25) is 5.43 Å². The Morgan fingerprint density at radius 3 is 2.17 bits per heavy atom. The van der Waals surface area contributed by atoms with Gasteiger partial charge in [0.1, 0.15) is 16.5 Å². The molecule has 0 spiro atoms. The van der Waals surface area contributed by atoms with E-state index in [0.29, 0.717) is 11.3 Å². The molecule has 0 heterocycles. The van der Waals surface area contributed by atoms with E-state index in [2.05, 4.69) is 10.5 Å². The highest BCUT2D eigenvalue weighted by atomic mass is 32.2. The summed E-state index contributed by atoms with van der Waals surface area (Å²) < 4.78 is 42.3. The molecule has 3 aromatic rings. The lowest BCUT2D eigenvalue weighted by Gasteiger charge is -2.07. The van der Waals surface area contributed by atoms with Gasteiger partial charge in [0.05, 0.1) is 17.5 Å². The number of halogens is 1. The Labute approximate surface area is 166 Å². The number of hydrogen-bond acceptors (Lipinski definition) is 6. The summed E-state index contributed by atoms with van der Waals surface area (Å²) in [5.41, 5.74) is 4.21. The lowest BCUT2D eigenvalue weighted by atomic mass is 10.2. The first-order chi connectivity index (χ1) is 13.8. The van der Waals surface area contributed by atoms with Crippen LogP contribution in [0.4, 0.5) is 10.1 Å². The molecule has 148 valence electrons. The van der Waals surface area contributed by atoms with Gasteiger partial charge in [-0.1, -0.05) is 0 Å². The van der Waals surface area contributed by atoms with Crippen LogP contribution in [-0.4, -0.2) is 25.7 Å². The highest BCUT2D eigenvalue weighted by Crippen LogP contribution is 2.19. The SMILES string of the molecule is O=C(O)c1ccc(N/N=C/c2ccc(OS(=O)(=O)c3ccc(F)cc3)cc2)cc1. The second-order valence-corrected chi connectivity index (χ2v) is 7.36. The summed E-state index contributed by atoms with van der Waals surface area (Å²) in [6.45, 7) is 0. The van der Waals surface area contributed by atoms with Crippen LogP contribution in [0.1, 0.15) is 15.9 Å². The van der Waals surface area contributed by atoms with Crippen molar-refractivity contribution < 1.29 is 26.9 Å². The summed E-state index contributed by atoms with van der Waals surface area (Å²) in [7, 11) is -4.06. The molecular weight excluding hydrogens is 399 g/mol. The van der Waals surface area contributed by atoms with Crippen LogP contribution < -0.4 is 9.61 Å². The smallest absolute Gasteiger partial charge is 0.339 e. The Hall–Kier alpha value is -3.72. The van der Waals surface area contributed by atoms with Crippen molar-refractivity contribution in [2.45, 2.75) is 4.90 Å². The van der Waals surface area contributed by atoms with Crippen LogP contribution in [0, 0.1) is 5.82 Å². The molecule has 0 atom stereocenters. The van der Waals surface area contributed by atoms with E-state index in [-0.39, 0.29) is 16.2 Å². The van der Waals surface area contributed by atoms with Gasteiger partial charge in [-0.05, 0) is 78.4 Å². The van der Waals surface area contributed by atoms with Gasteiger partial charge >= 0.3 is 16.1 Å². The van der Waals surface area contributed by atoms with Gasteiger partial charge in [-0.25, -0.2) is 9.18 Å². The maximum atomic E-state index is 12.9. The van der Waals surface area contributed by atoms with Gasteiger partial charge < -0.3 is 9.29 Å². The summed E-state index contributed by atoms with van der Waals surface area (Å²) in [4.78, 5) is 10.7. The summed E-state index contributed by atoms with van der Waals surface area (Å²) in [6.07, 6.45) is 1.50. The first-order valence-electron chi connectivity index (χ1n) is 8.26. The Balaban J connectivity index is 1.61. The first kappa shape index (κ1) is 20.0. The molecule has 9 heteroatoms. The highest BCUT2D eigenvalue weighted by molar-refractivity contribution is 7.87. The van der Waals surface area contributed by atoms with E-state index in [1.165, 1.54) is 30.5 Å². The van der Waals surface area contributed by atoms with Crippen LogP contribution >= 0.6 is 0 Å². The molecule has 0 radical (unpaired) electrons. The fraction of sp³-hybridized carbons (Fsp3) is 0. The van der Waals surface area contributed by atoms with Gasteiger partial charge in [-0.2, -0.15) is 13.5 Å². The van der Waals surface area contributed by atoms with Crippen molar-refractivity contribution in [3.8, 4) is 5.75 Å². The second-order valence-electron chi connectivity index (χ2n) is 5.81. The van der Waals surface area contributed by atoms with E-state index in [0.717, 1.165) is 24.3 Å². The number of anilines is 1. The van der Waals surface area contributed by atoms with Crippen molar-refractivity contribution in [1.82, 2.24) is 0 Å². The van der Waals surface area contributed by atoms with Gasteiger partial charge in [0.2, 0.25) is 0 Å². The largest absolute Gasteiger partial charge is 0.478 e. The average molecular weight is 414 g/mol. The predicted molar refractivity (Wildman–Crippen MR) is 105 cm³/mol. The van der Waals surface area contributed by atoms with Crippen LogP contribution in [0.15, 0.2) is 82.8 Å². The number of hydrogen-bond donors (Lipinski definition) is 2. The van der Waals surface area contributed by atoms with E-state index < -0.39 is 21.9 Å². The number of nitrogens with zero attached hydrogens (tertiary/aromatic N) is 1. The van der Waals surface area contributed by atoms with Crippen molar-refractivity contribution in [2.75, 3.05) is 5.43 Å². The maximum Gasteiger partial charge on any atom is 0.339 e. The van der Waals surface area contributed by atoms with E-state index in [1.54, 1.807) is 24.3 Å². The summed E-state index contributed by atoms with van der Waals surface area (Å²) in [6, 6.07) is 16.5. The van der Waals surface area contributed by atoms with E-state index in [1.807, 2.05) is 0 Å². The fourth-order valence-electron chi connectivity index (χ4n) is 2.25. The van der Waals surface area contributed by atoms with Gasteiger partial charge in [0, 0.05) is 0 Å². The molecule has 2 N–H and O–H groups in total. The van der Waals surface area contributed by atoms with E-state index in [9.17, 15) is 17.6 Å². The molecule has 0 aliphatic heterocycles. The monoisotopic (exact) mass is 414 g/mol. The molecule has 7 nitrogen and oxygen atoms in total. The molecule has 0 saturated carbocycles. The number of carboxylic acids is 1. The third-order valence-electron chi connectivity index (χ3n) is 3.73. The predicted octanol–water partition coefficient (Wildman–Crippen LogP) is 3.74. The quantitative estimate of drug-likeness (QED) is 0.347. The summed E-state index contributed by atoms with van der Waals surface area (Å²) >= 11 is 0. The van der Waals surface area contributed by atoms with Crippen molar-refractivity contribution in [3.63, 3.8) is 0 Å². The standard InChI is InChI=1S/C20H15FN2O5S/c21-16-5-11-19(12-6-16)29(26,27)28-18-9-1-14(2-10-18)13-22-23-17-7-3-15(4-8-17)20(24)25/h1-13,23H,(H,24,25)/b22-13+. The van der Waals surface area contributed by atoms with Crippen molar-refractivity contribution in [3.05, 3.63) is 89.7 Å². The molecule has 0 amide bonds. The molecule has 0 aliphatic carbocycles. The molecule has 0 aliphatic rings. The Morgan fingerprint density at radius 1 is 0.966 bits per heavy atom. The van der Waals surface area contributed by atoms with Crippen molar-refractivity contribution >= 4 is 28.0 Å². The third-order valence-corrected chi connectivity index (χ3v) is 4.99. The molecular formula is C20H15FN2O5S. The third kappa shape index (κ3) is 5.39. The number of carbonyl (C=O) groups is 1. The molecule has 0 aromatic heterocycles. The number of benzene rings is 3. The Bertz CT molecular complexity index is 1130. The maximum absolute atomic E-state index is 12.9. The number of aromatic carboxylic acids is 1. The van der Waals surface area contributed by atoms with E-state index >= 15 is 0 Å². The lowest BCUT2D eigenvalue weighted by molar-refractivity contribution is 0.0697. The number of hydrazone groups is 1. The van der Waals surface area contributed by atoms with Gasteiger partial charge in [0.25, 0.3) is 0 Å². The molecule has 0 bridgehead atoms. The zero-order valence-corrected chi connectivity index (χ0v) is 15.6. The Morgan fingerprint density at radius 2 is 1.59 bits per heavy atom. The number of carboxylic acid groups (broad SMARTS) is 1. The highest BCUT2D eigenvalue weighted by Gasteiger charge is 2.16. The first-order valence-corrected chi connectivity index (χ1v) is 9.67. The zero-order chi connectivity index (χ0) is 20.9. The second kappa shape index (κ2) is 8.53. The molecule has 29 heavy (non-hydrogen) atoms. The minimum absolute atomic E-state index is 0.101. The van der Waals surface area contributed by atoms with Crippen molar-refractivity contribution in [2.24, 2.45) is 5.10 Å². The van der Waals surface area contributed by atoms with Crippen molar-refractivity contribution in [1.29, 1.82) is 0 Å². The number of nitrogens with one attached hydrogen (secondary N) is 1. The van der Waals surface area contributed by atoms with Crippen LogP contribution in [0.2, 0.25) is 0 Å². The average Bonchev–Trinajstić information content (AvgIpc) is 2.70. The topological polar surface area (TPSA) is 105 Å². The zero-order valence-electron chi connectivity index (χ0n) is 14.8. The lowest BCUT2D eigenvalue weighted by Crippen LogP contribution is -2.09. The molecule has 0 unspecified atom stereocenters. The summed E-state index contributed by atoms with van der Waals surface area (Å²) in [5.74, 6) is -1.45. The van der Waals surface area contributed by atoms with Crippen LogP contribution in [0.5, 0.6) is 5.75 Å². The van der Waals surface area contributed by atoms with E-state index in [4.69, 9.17) is 9.29 Å². The van der Waals surface area contributed by atoms with Gasteiger partial charge in [-0.15, -0.1) is 0 Å². The minimum Gasteiger partial charge on any atom is -0.478 e. The number of rotatable bonds is 7. The Kier molecular flexibility index (Phi) is 5.89. The van der Waals surface area contributed by atoms with Crippen LogP contribution in [0.3, 0.4) is 0 Å². The van der Waals surface area contributed by atoms with Crippen LogP contribution in [-0.2, 0) is 10.1 Å². The molecule has 3 aromatic carbocycles. The molecule has 0 fully saturated rings. The fourth-order valence-corrected chi connectivity index (χ4v) is 3.18. The normalized spacial score (nSPS) is 11.3. The van der Waals surface area contributed by atoms with Gasteiger partial charge in [0.15, 0.2) is 0 Å². The molecule has 3 rings (SSSR count). The summed E-state index contributed by atoms with van der Waals surface area (Å²) in [5, 5.41) is 12.9. The molecule has 0 saturated heterocycles.